The zero-order chi connectivity index (χ0) is 17.5. The number of thiophene rings is 1. The minimum absolute atomic E-state index is 0.103. The zero-order valence-corrected chi connectivity index (χ0v) is 15.8. The molecule has 1 aromatic rings. The summed E-state index contributed by atoms with van der Waals surface area (Å²) in [6.45, 7) is 4.16. The van der Waals surface area contributed by atoms with Gasteiger partial charge < -0.3 is 15.4 Å². The van der Waals surface area contributed by atoms with Gasteiger partial charge in [-0.2, -0.15) is 0 Å². The van der Waals surface area contributed by atoms with Gasteiger partial charge in [0.25, 0.3) is 0 Å². The van der Waals surface area contributed by atoms with Crippen LogP contribution >= 0.6 is 23.6 Å². The van der Waals surface area contributed by atoms with Crippen LogP contribution in [-0.2, 0) is 22.4 Å². The van der Waals surface area contributed by atoms with Crippen LogP contribution in [0.4, 0.5) is 5.00 Å². The molecule has 1 amide bonds. The van der Waals surface area contributed by atoms with Crippen LogP contribution in [0, 0.1) is 0 Å². The molecule has 0 fully saturated rings. The standard InChI is InChI=1S/C17H24N2O3S2/c1-3-5-10-13(20)18-17(23)19-15-14(16(21)22-4-2)11-8-6-7-9-12(11)24-15/h3-10H2,1-2H3,(H2,18,19,20,23). The average molecular weight is 369 g/mol. The Bertz CT molecular complexity index is 626. The van der Waals surface area contributed by atoms with Gasteiger partial charge in [-0.05, 0) is 56.8 Å². The summed E-state index contributed by atoms with van der Waals surface area (Å²) in [4.78, 5) is 25.4. The zero-order valence-electron chi connectivity index (χ0n) is 14.2. The highest BCUT2D eigenvalue weighted by molar-refractivity contribution is 7.80. The predicted octanol–water partition coefficient (Wildman–Crippen LogP) is 3.81. The highest BCUT2D eigenvalue weighted by Crippen LogP contribution is 2.38. The van der Waals surface area contributed by atoms with Gasteiger partial charge in [-0.1, -0.05) is 13.3 Å². The van der Waals surface area contributed by atoms with Crippen LogP contribution < -0.4 is 10.6 Å². The number of carbonyl (C=O) groups is 2. The minimum atomic E-state index is -0.320. The normalized spacial score (nSPS) is 13.1. The maximum atomic E-state index is 12.4. The molecule has 1 aliphatic rings. The van der Waals surface area contributed by atoms with Crippen LogP contribution in [0.15, 0.2) is 0 Å². The fourth-order valence-corrected chi connectivity index (χ4v) is 4.30. The largest absolute Gasteiger partial charge is 0.462 e. The number of esters is 1. The van der Waals surface area contributed by atoms with Gasteiger partial charge in [0, 0.05) is 11.3 Å². The first-order valence-electron chi connectivity index (χ1n) is 8.49. The molecule has 1 aliphatic carbocycles. The monoisotopic (exact) mass is 368 g/mol. The predicted molar refractivity (Wildman–Crippen MR) is 101 cm³/mol. The Morgan fingerprint density at radius 1 is 1.25 bits per heavy atom. The topological polar surface area (TPSA) is 67.4 Å². The Labute approximate surface area is 152 Å². The van der Waals surface area contributed by atoms with Gasteiger partial charge in [-0.25, -0.2) is 4.79 Å². The lowest BCUT2D eigenvalue weighted by Crippen LogP contribution is -2.34. The van der Waals surface area contributed by atoms with Gasteiger partial charge >= 0.3 is 5.97 Å². The lowest BCUT2D eigenvalue weighted by molar-refractivity contribution is -0.119. The van der Waals surface area contributed by atoms with Crippen molar-refractivity contribution in [2.45, 2.75) is 58.8 Å². The third kappa shape index (κ3) is 4.77. The number of ether oxygens (including phenoxy) is 1. The maximum absolute atomic E-state index is 12.4. The molecule has 0 saturated heterocycles. The Kier molecular flexibility index (Phi) is 7.17. The molecule has 0 unspecified atom stereocenters. The number of fused-ring (bicyclic) bond motifs is 1. The van der Waals surface area contributed by atoms with E-state index in [1.54, 1.807) is 6.92 Å². The molecule has 0 spiro atoms. The molecule has 0 atom stereocenters. The summed E-state index contributed by atoms with van der Waals surface area (Å²) < 4.78 is 5.21. The number of amides is 1. The lowest BCUT2D eigenvalue weighted by atomic mass is 9.95. The van der Waals surface area contributed by atoms with Crippen molar-refractivity contribution in [3.05, 3.63) is 16.0 Å². The number of hydrogen-bond acceptors (Lipinski definition) is 5. The van der Waals surface area contributed by atoms with Crippen molar-refractivity contribution < 1.29 is 14.3 Å². The van der Waals surface area contributed by atoms with Crippen molar-refractivity contribution >= 4 is 45.5 Å². The summed E-state index contributed by atoms with van der Waals surface area (Å²) in [6, 6.07) is 0. The third-order valence-electron chi connectivity index (χ3n) is 3.89. The van der Waals surface area contributed by atoms with E-state index in [9.17, 15) is 9.59 Å². The fourth-order valence-electron chi connectivity index (χ4n) is 2.73. The summed E-state index contributed by atoms with van der Waals surface area (Å²) in [5, 5.41) is 6.63. The number of rotatable bonds is 6. The van der Waals surface area contributed by atoms with Crippen LogP contribution in [0.1, 0.15) is 66.8 Å². The van der Waals surface area contributed by atoms with E-state index in [0.717, 1.165) is 44.1 Å². The van der Waals surface area contributed by atoms with Crippen LogP contribution in [-0.4, -0.2) is 23.6 Å². The number of unbranched alkanes of at least 4 members (excludes halogenated alkanes) is 1. The number of hydrogen-bond donors (Lipinski definition) is 2. The van der Waals surface area contributed by atoms with Gasteiger partial charge in [0.2, 0.25) is 5.91 Å². The molecule has 5 nitrogen and oxygen atoms in total. The van der Waals surface area contributed by atoms with E-state index in [2.05, 4.69) is 10.6 Å². The first kappa shape index (κ1) is 18.9. The molecular formula is C17H24N2O3S2. The highest BCUT2D eigenvalue weighted by atomic mass is 32.1. The van der Waals surface area contributed by atoms with Crippen molar-refractivity contribution in [1.29, 1.82) is 0 Å². The van der Waals surface area contributed by atoms with Gasteiger partial charge in [-0.3, -0.25) is 4.79 Å². The van der Waals surface area contributed by atoms with E-state index in [1.165, 1.54) is 16.2 Å². The van der Waals surface area contributed by atoms with Crippen LogP contribution in [0.25, 0.3) is 0 Å². The molecule has 1 heterocycles. The Hall–Kier alpha value is -1.47. The SMILES string of the molecule is CCCCC(=O)NC(=S)Nc1sc2c(c1C(=O)OCC)CCCC2. The van der Waals surface area contributed by atoms with E-state index in [4.69, 9.17) is 17.0 Å². The van der Waals surface area contributed by atoms with E-state index in [0.29, 0.717) is 23.6 Å². The summed E-state index contributed by atoms with van der Waals surface area (Å²) in [5.41, 5.74) is 1.66. The summed E-state index contributed by atoms with van der Waals surface area (Å²) in [5.74, 6) is -0.423. The molecule has 2 N–H and O–H groups in total. The summed E-state index contributed by atoms with van der Waals surface area (Å²) in [7, 11) is 0. The van der Waals surface area contributed by atoms with Crippen molar-refractivity contribution in [2.24, 2.45) is 0 Å². The maximum Gasteiger partial charge on any atom is 0.341 e. The van der Waals surface area contributed by atoms with E-state index >= 15 is 0 Å². The fraction of sp³-hybridized carbons (Fsp3) is 0.588. The van der Waals surface area contributed by atoms with Gasteiger partial charge in [0.05, 0.1) is 12.2 Å². The molecule has 7 heteroatoms. The second-order valence-corrected chi connectivity index (χ2v) is 7.25. The number of carbonyl (C=O) groups excluding carboxylic acids is 2. The second-order valence-electron chi connectivity index (χ2n) is 5.74. The lowest BCUT2D eigenvalue weighted by Gasteiger charge is -2.13. The second kappa shape index (κ2) is 9.13. The molecule has 24 heavy (non-hydrogen) atoms. The molecule has 0 bridgehead atoms. The van der Waals surface area contributed by atoms with E-state index < -0.39 is 0 Å². The highest BCUT2D eigenvalue weighted by Gasteiger charge is 2.26. The smallest absolute Gasteiger partial charge is 0.341 e. The molecule has 0 saturated carbocycles. The minimum Gasteiger partial charge on any atom is -0.462 e. The molecule has 0 aliphatic heterocycles. The van der Waals surface area contributed by atoms with Gasteiger partial charge in [0.15, 0.2) is 5.11 Å². The van der Waals surface area contributed by atoms with Gasteiger partial charge in [0.1, 0.15) is 5.00 Å². The number of anilines is 1. The molecule has 132 valence electrons. The molecule has 2 rings (SSSR count). The molecule has 0 aromatic carbocycles. The van der Waals surface area contributed by atoms with Crippen molar-refractivity contribution in [3.63, 3.8) is 0 Å². The Balaban J connectivity index is 2.14. The van der Waals surface area contributed by atoms with Crippen molar-refractivity contribution in [3.8, 4) is 0 Å². The molecular weight excluding hydrogens is 344 g/mol. The average Bonchev–Trinajstić information content (AvgIpc) is 2.90. The third-order valence-corrected chi connectivity index (χ3v) is 5.30. The van der Waals surface area contributed by atoms with Crippen molar-refractivity contribution in [2.75, 3.05) is 11.9 Å². The van der Waals surface area contributed by atoms with Crippen molar-refractivity contribution in [1.82, 2.24) is 5.32 Å². The molecule has 1 aromatic heterocycles. The first-order chi connectivity index (χ1) is 11.6. The van der Waals surface area contributed by atoms with Crippen LogP contribution in [0.5, 0.6) is 0 Å². The van der Waals surface area contributed by atoms with Crippen LogP contribution in [0.3, 0.4) is 0 Å². The number of aryl methyl sites for hydroxylation is 1. The van der Waals surface area contributed by atoms with E-state index in [-0.39, 0.29) is 17.0 Å². The summed E-state index contributed by atoms with van der Waals surface area (Å²) in [6.07, 6.45) is 6.31. The Morgan fingerprint density at radius 3 is 2.71 bits per heavy atom. The number of nitrogens with one attached hydrogen (secondary N) is 2. The first-order valence-corrected chi connectivity index (χ1v) is 9.71. The van der Waals surface area contributed by atoms with Crippen LogP contribution in [0.2, 0.25) is 0 Å². The Morgan fingerprint density at radius 2 is 2.00 bits per heavy atom. The number of thiocarbonyl (C=S) groups is 1. The van der Waals surface area contributed by atoms with Gasteiger partial charge in [-0.15, -0.1) is 11.3 Å². The summed E-state index contributed by atoms with van der Waals surface area (Å²) >= 11 is 6.76. The molecule has 0 radical (unpaired) electrons. The quantitative estimate of drug-likeness (QED) is 0.590. The van der Waals surface area contributed by atoms with E-state index in [1.807, 2.05) is 6.92 Å².